The molecule has 4 rings (SSSR count). The number of carbonyl (C=O) groups is 1. The van der Waals surface area contributed by atoms with E-state index in [0.29, 0.717) is 25.6 Å². The number of fused-ring (bicyclic) bond motifs is 1. The van der Waals surface area contributed by atoms with Gasteiger partial charge in [0, 0.05) is 5.02 Å². The molecule has 0 unspecified atom stereocenters. The Morgan fingerprint density at radius 1 is 1.27 bits per heavy atom. The van der Waals surface area contributed by atoms with E-state index in [9.17, 15) is 9.59 Å². The van der Waals surface area contributed by atoms with Crippen molar-refractivity contribution in [2.75, 3.05) is 13.7 Å². The molecule has 2 aromatic carbocycles. The van der Waals surface area contributed by atoms with Crippen LogP contribution in [0.4, 0.5) is 0 Å². The zero-order valence-corrected chi connectivity index (χ0v) is 21.8. The molecular weight excluding hydrogens is 575 g/mol. The fourth-order valence-electron chi connectivity index (χ4n) is 3.68. The third kappa shape index (κ3) is 4.64. The predicted molar refractivity (Wildman–Crippen MR) is 138 cm³/mol. The van der Waals surface area contributed by atoms with E-state index in [1.165, 1.54) is 11.3 Å². The van der Waals surface area contributed by atoms with E-state index in [4.69, 9.17) is 21.1 Å². The van der Waals surface area contributed by atoms with E-state index in [1.54, 1.807) is 37.7 Å². The van der Waals surface area contributed by atoms with Crippen LogP contribution in [0.5, 0.6) is 5.75 Å². The molecule has 1 aliphatic rings. The second-order valence-corrected chi connectivity index (χ2v) is 9.86. The van der Waals surface area contributed by atoms with Crippen molar-refractivity contribution >= 4 is 57.6 Å². The molecule has 0 amide bonds. The Hall–Kier alpha value is -2.43. The monoisotopic (exact) mass is 594 g/mol. The topological polar surface area (TPSA) is 69.9 Å². The Morgan fingerprint density at radius 3 is 2.64 bits per heavy atom. The van der Waals surface area contributed by atoms with Crippen LogP contribution < -0.4 is 19.6 Å². The van der Waals surface area contributed by atoms with Crippen molar-refractivity contribution in [3.8, 4) is 5.75 Å². The smallest absolute Gasteiger partial charge is 0.338 e. The molecular formula is C24H20ClIN2O4S. The van der Waals surface area contributed by atoms with E-state index in [1.807, 2.05) is 36.4 Å². The van der Waals surface area contributed by atoms with Crippen LogP contribution in [0.1, 0.15) is 31.0 Å². The van der Waals surface area contributed by atoms with E-state index in [0.717, 1.165) is 20.4 Å². The SMILES string of the molecule is CCOC(=O)C1=C(C)N=c2sc(=Cc3ccc(OC)c(I)c3)c(=O)n2[C@@H]1c1ccc(Cl)cc1. The maximum Gasteiger partial charge on any atom is 0.338 e. The summed E-state index contributed by atoms with van der Waals surface area (Å²) in [5.41, 5.74) is 2.27. The third-order valence-electron chi connectivity index (χ3n) is 5.18. The minimum atomic E-state index is -0.657. The van der Waals surface area contributed by atoms with Crippen molar-refractivity contribution in [1.29, 1.82) is 0 Å². The molecule has 0 fully saturated rings. The molecule has 0 spiro atoms. The van der Waals surface area contributed by atoms with Crippen molar-refractivity contribution in [3.63, 3.8) is 0 Å². The predicted octanol–water partition coefficient (Wildman–Crippen LogP) is 4.06. The summed E-state index contributed by atoms with van der Waals surface area (Å²) < 4.78 is 13.6. The summed E-state index contributed by atoms with van der Waals surface area (Å²) in [6, 6.07) is 12.2. The van der Waals surface area contributed by atoms with Gasteiger partial charge >= 0.3 is 5.97 Å². The second kappa shape index (κ2) is 9.82. The number of aromatic nitrogens is 1. The van der Waals surface area contributed by atoms with Gasteiger partial charge in [0.15, 0.2) is 4.80 Å². The van der Waals surface area contributed by atoms with Crippen LogP contribution >= 0.6 is 45.5 Å². The summed E-state index contributed by atoms with van der Waals surface area (Å²) in [5, 5.41) is 0.568. The number of esters is 1. The van der Waals surface area contributed by atoms with Gasteiger partial charge in [-0.3, -0.25) is 9.36 Å². The third-order valence-corrected chi connectivity index (χ3v) is 7.25. The minimum Gasteiger partial charge on any atom is -0.496 e. The summed E-state index contributed by atoms with van der Waals surface area (Å²) in [6.45, 7) is 3.73. The molecule has 1 aliphatic heterocycles. The molecule has 0 saturated carbocycles. The fraction of sp³-hybridized carbons (Fsp3) is 0.208. The number of thiazole rings is 1. The van der Waals surface area contributed by atoms with Gasteiger partial charge in [-0.2, -0.15) is 0 Å². The van der Waals surface area contributed by atoms with Crippen molar-refractivity contribution in [3.05, 3.63) is 93.1 Å². The highest BCUT2D eigenvalue weighted by atomic mass is 127. The van der Waals surface area contributed by atoms with Crippen LogP contribution in [0.15, 0.2) is 63.5 Å². The van der Waals surface area contributed by atoms with Gasteiger partial charge in [-0.05, 0) is 77.9 Å². The van der Waals surface area contributed by atoms with Crippen molar-refractivity contribution < 1.29 is 14.3 Å². The Balaban J connectivity index is 1.93. The molecule has 1 aromatic heterocycles. The first kappa shape index (κ1) is 23.7. The van der Waals surface area contributed by atoms with Gasteiger partial charge in [0.25, 0.3) is 5.56 Å². The molecule has 170 valence electrons. The minimum absolute atomic E-state index is 0.223. The molecule has 0 radical (unpaired) electrons. The summed E-state index contributed by atoms with van der Waals surface area (Å²) in [6.07, 6.45) is 1.83. The molecule has 0 N–H and O–H groups in total. The highest BCUT2D eigenvalue weighted by Crippen LogP contribution is 2.31. The highest BCUT2D eigenvalue weighted by molar-refractivity contribution is 14.1. The number of hydrogen-bond donors (Lipinski definition) is 0. The van der Waals surface area contributed by atoms with E-state index in [-0.39, 0.29) is 12.2 Å². The van der Waals surface area contributed by atoms with Crippen molar-refractivity contribution in [1.82, 2.24) is 4.57 Å². The summed E-state index contributed by atoms with van der Waals surface area (Å²) in [7, 11) is 1.62. The molecule has 3 aromatic rings. The van der Waals surface area contributed by atoms with Crippen LogP contribution in [0.2, 0.25) is 5.02 Å². The number of allylic oxidation sites excluding steroid dienone is 1. The lowest BCUT2D eigenvalue weighted by molar-refractivity contribution is -0.139. The number of ether oxygens (including phenoxy) is 2. The van der Waals surface area contributed by atoms with Gasteiger partial charge in [-0.1, -0.05) is 41.1 Å². The van der Waals surface area contributed by atoms with E-state index in [2.05, 4.69) is 27.6 Å². The van der Waals surface area contributed by atoms with E-state index < -0.39 is 12.0 Å². The molecule has 9 heteroatoms. The molecule has 33 heavy (non-hydrogen) atoms. The fourth-order valence-corrected chi connectivity index (χ4v) is 5.61. The standard InChI is InChI=1S/C24H20ClIN2O4S/c1-4-32-23(30)20-13(2)27-24-28(21(20)15-6-8-16(25)9-7-15)22(29)19(33-24)12-14-5-10-18(31-3)17(26)11-14/h5-12,21H,4H2,1-3H3/t21-/m1/s1. The average Bonchev–Trinajstić information content (AvgIpc) is 3.08. The number of benzene rings is 2. The molecule has 0 bridgehead atoms. The van der Waals surface area contributed by atoms with Gasteiger partial charge in [0.1, 0.15) is 5.75 Å². The van der Waals surface area contributed by atoms with Gasteiger partial charge < -0.3 is 9.47 Å². The highest BCUT2D eigenvalue weighted by Gasteiger charge is 2.33. The largest absolute Gasteiger partial charge is 0.496 e. The maximum atomic E-state index is 13.6. The van der Waals surface area contributed by atoms with Gasteiger partial charge in [0.05, 0.1) is 39.1 Å². The molecule has 6 nitrogen and oxygen atoms in total. The molecule has 0 aliphatic carbocycles. The number of carbonyl (C=O) groups excluding carboxylic acids is 1. The first-order valence-electron chi connectivity index (χ1n) is 10.1. The average molecular weight is 595 g/mol. The zero-order valence-electron chi connectivity index (χ0n) is 18.1. The number of halogens is 2. The molecule has 2 heterocycles. The lowest BCUT2D eigenvalue weighted by Crippen LogP contribution is -2.39. The first-order chi connectivity index (χ1) is 15.8. The Morgan fingerprint density at radius 2 is 2.00 bits per heavy atom. The van der Waals surface area contributed by atoms with Crippen molar-refractivity contribution in [2.45, 2.75) is 19.9 Å². The summed E-state index contributed by atoms with van der Waals surface area (Å²) in [5.74, 6) is 0.282. The second-order valence-electron chi connectivity index (χ2n) is 7.25. The van der Waals surface area contributed by atoms with Crippen LogP contribution in [0.3, 0.4) is 0 Å². The van der Waals surface area contributed by atoms with Gasteiger partial charge in [-0.15, -0.1) is 0 Å². The Kier molecular flexibility index (Phi) is 7.06. The lowest BCUT2D eigenvalue weighted by atomic mass is 9.96. The van der Waals surface area contributed by atoms with E-state index >= 15 is 0 Å². The van der Waals surface area contributed by atoms with Crippen LogP contribution in [0.25, 0.3) is 6.08 Å². The number of methoxy groups -OCH3 is 1. The maximum absolute atomic E-state index is 13.6. The van der Waals surface area contributed by atoms with Gasteiger partial charge in [-0.25, -0.2) is 9.79 Å². The van der Waals surface area contributed by atoms with Crippen LogP contribution in [0, 0.1) is 3.57 Å². The first-order valence-corrected chi connectivity index (χ1v) is 12.4. The Bertz CT molecular complexity index is 1440. The number of hydrogen-bond acceptors (Lipinski definition) is 6. The zero-order chi connectivity index (χ0) is 23.7. The molecule has 1 atom stereocenters. The normalized spacial score (nSPS) is 15.8. The molecule has 0 saturated heterocycles. The summed E-state index contributed by atoms with van der Waals surface area (Å²) >= 11 is 9.57. The van der Waals surface area contributed by atoms with Gasteiger partial charge in [0.2, 0.25) is 0 Å². The lowest BCUT2D eigenvalue weighted by Gasteiger charge is -2.24. The summed E-state index contributed by atoms with van der Waals surface area (Å²) in [4.78, 5) is 31.6. The quantitative estimate of drug-likeness (QED) is 0.330. The van der Waals surface area contributed by atoms with Crippen LogP contribution in [-0.4, -0.2) is 24.3 Å². The Labute approximate surface area is 213 Å². The number of rotatable bonds is 5. The van der Waals surface area contributed by atoms with Crippen molar-refractivity contribution in [2.24, 2.45) is 4.99 Å². The number of nitrogens with zero attached hydrogens (tertiary/aromatic N) is 2. The van der Waals surface area contributed by atoms with Crippen LogP contribution in [-0.2, 0) is 9.53 Å².